The zero-order chi connectivity index (χ0) is 21.9. The molecule has 0 saturated carbocycles. The molecule has 3 aromatic rings. The summed E-state index contributed by atoms with van der Waals surface area (Å²) in [4.78, 5) is 17.2. The molecule has 0 aliphatic rings. The summed E-state index contributed by atoms with van der Waals surface area (Å²) in [6, 6.07) is 8.78. The molecule has 0 aliphatic carbocycles. The van der Waals surface area contributed by atoms with Gasteiger partial charge in [-0.2, -0.15) is 0 Å². The number of rotatable bonds is 5. The van der Waals surface area contributed by atoms with Crippen LogP contribution in [0.2, 0.25) is 5.02 Å². The molecular weight excluding hydrogens is 481 g/mol. The zero-order valence-corrected chi connectivity index (χ0v) is 18.1. The number of benzene rings is 2. The van der Waals surface area contributed by atoms with Gasteiger partial charge in [-0.3, -0.25) is 4.79 Å². The lowest BCUT2D eigenvalue weighted by Crippen LogP contribution is -2.19. The quantitative estimate of drug-likeness (QED) is 0.467. The topological polar surface area (TPSA) is 55.6 Å². The van der Waals surface area contributed by atoms with E-state index >= 15 is 0 Å². The van der Waals surface area contributed by atoms with Crippen LogP contribution in [0.3, 0.4) is 0 Å². The molecule has 0 bridgehead atoms. The molecule has 0 spiro atoms. The molecule has 1 aromatic heterocycles. The maximum atomic E-state index is 13.1. The molecule has 2 aromatic carbocycles. The first-order valence-electron chi connectivity index (χ1n) is 8.39. The molecular formula is C19H15Cl2F4N3O2S. The molecule has 0 aliphatic heterocycles. The summed E-state index contributed by atoms with van der Waals surface area (Å²) in [5, 5.41) is 4.45. The van der Waals surface area contributed by atoms with Crippen molar-refractivity contribution in [3.05, 3.63) is 69.2 Å². The average molecular weight is 496 g/mol. The van der Waals surface area contributed by atoms with Crippen LogP contribution in [-0.2, 0) is 18.3 Å². The van der Waals surface area contributed by atoms with Gasteiger partial charge >= 0.3 is 6.36 Å². The molecule has 0 fully saturated rings. The number of ether oxygens (including phenoxy) is 1. The van der Waals surface area contributed by atoms with Gasteiger partial charge < -0.3 is 14.6 Å². The number of hydrogen-bond acceptors (Lipinski definition) is 4. The summed E-state index contributed by atoms with van der Waals surface area (Å²) < 4.78 is 55.3. The SMILES string of the molecule is Cl.Cn1c(CC(=O)Nc2ccc(F)cc2Cl)csc1=Nc1ccc(OC(F)(F)F)cc1. The predicted octanol–water partition coefficient (Wildman–Crippen LogP) is 5.61. The van der Waals surface area contributed by atoms with Crippen molar-refractivity contribution in [2.75, 3.05) is 5.32 Å². The van der Waals surface area contributed by atoms with Gasteiger partial charge in [0.25, 0.3) is 0 Å². The van der Waals surface area contributed by atoms with Crippen molar-refractivity contribution < 1.29 is 27.1 Å². The van der Waals surface area contributed by atoms with Crippen LogP contribution < -0.4 is 14.9 Å². The summed E-state index contributed by atoms with van der Waals surface area (Å²) >= 11 is 7.17. The maximum Gasteiger partial charge on any atom is 0.573 e. The van der Waals surface area contributed by atoms with Crippen molar-refractivity contribution >= 4 is 52.6 Å². The van der Waals surface area contributed by atoms with Crippen molar-refractivity contribution in [1.29, 1.82) is 0 Å². The van der Waals surface area contributed by atoms with Crippen molar-refractivity contribution in [3.8, 4) is 5.75 Å². The van der Waals surface area contributed by atoms with E-state index in [1.165, 1.54) is 47.7 Å². The average Bonchev–Trinajstić information content (AvgIpc) is 2.98. The molecule has 0 atom stereocenters. The Kier molecular flexibility index (Phi) is 8.10. The van der Waals surface area contributed by atoms with Gasteiger partial charge in [-0.1, -0.05) is 11.6 Å². The smallest absolute Gasteiger partial charge is 0.406 e. The highest BCUT2D eigenvalue weighted by atomic mass is 35.5. The second-order valence-electron chi connectivity index (χ2n) is 6.07. The van der Waals surface area contributed by atoms with Gasteiger partial charge in [0.1, 0.15) is 11.6 Å². The fraction of sp³-hybridized carbons (Fsp3) is 0.158. The van der Waals surface area contributed by atoms with E-state index in [0.717, 1.165) is 6.07 Å². The lowest BCUT2D eigenvalue weighted by molar-refractivity contribution is -0.274. The largest absolute Gasteiger partial charge is 0.573 e. The summed E-state index contributed by atoms with van der Waals surface area (Å²) in [6.45, 7) is 0. The molecule has 31 heavy (non-hydrogen) atoms. The summed E-state index contributed by atoms with van der Waals surface area (Å²) in [6.07, 6.45) is -4.74. The van der Waals surface area contributed by atoms with E-state index in [2.05, 4.69) is 15.0 Å². The lowest BCUT2D eigenvalue weighted by atomic mass is 10.2. The number of amides is 1. The minimum absolute atomic E-state index is 0. The normalized spacial score (nSPS) is 11.7. The Morgan fingerprint density at radius 3 is 2.52 bits per heavy atom. The highest BCUT2D eigenvalue weighted by molar-refractivity contribution is 7.07. The molecule has 0 unspecified atom stereocenters. The van der Waals surface area contributed by atoms with Gasteiger partial charge in [0.2, 0.25) is 5.91 Å². The van der Waals surface area contributed by atoms with Gasteiger partial charge in [-0.15, -0.1) is 36.9 Å². The second-order valence-corrected chi connectivity index (χ2v) is 7.32. The van der Waals surface area contributed by atoms with Gasteiger partial charge in [0.15, 0.2) is 4.80 Å². The summed E-state index contributed by atoms with van der Waals surface area (Å²) in [5.41, 5.74) is 1.38. The molecule has 1 amide bonds. The van der Waals surface area contributed by atoms with Crippen LogP contribution in [0.1, 0.15) is 5.69 Å². The number of nitrogens with zero attached hydrogens (tertiary/aromatic N) is 2. The van der Waals surface area contributed by atoms with Crippen LogP contribution >= 0.6 is 35.3 Å². The Hall–Kier alpha value is -2.56. The highest BCUT2D eigenvalue weighted by Gasteiger charge is 2.30. The van der Waals surface area contributed by atoms with Gasteiger partial charge in [-0.05, 0) is 42.5 Å². The Balaban J connectivity index is 0.00000341. The number of alkyl halides is 3. The third-order valence-electron chi connectivity index (χ3n) is 3.86. The third-order valence-corrected chi connectivity index (χ3v) is 5.14. The number of nitrogens with one attached hydrogen (secondary N) is 1. The number of hydrogen-bond donors (Lipinski definition) is 1. The molecule has 0 radical (unpaired) electrons. The van der Waals surface area contributed by atoms with E-state index in [-0.39, 0.29) is 35.5 Å². The van der Waals surface area contributed by atoms with Crippen LogP contribution in [0, 0.1) is 5.82 Å². The van der Waals surface area contributed by atoms with Gasteiger partial charge in [0.05, 0.1) is 22.8 Å². The Labute approximate surface area is 189 Å². The first-order valence-corrected chi connectivity index (χ1v) is 9.65. The van der Waals surface area contributed by atoms with Crippen LogP contribution in [0.5, 0.6) is 5.75 Å². The van der Waals surface area contributed by atoms with Crippen LogP contribution in [0.25, 0.3) is 0 Å². The number of thiazole rings is 1. The predicted molar refractivity (Wildman–Crippen MR) is 113 cm³/mol. The van der Waals surface area contributed by atoms with E-state index < -0.39 is 12.2 Å². The molecule has 3 rings (SSSR count). The molecule has 1 N–H and O–H groups in total. The first-order chi connectivity index (χ1) is 14.1. The summed E-state index contributed by atoms with van der Waals surface area (Å²) in [5.74, 6) is -1.20. The van der Waals surface area contributed by atoms with E-state index in [1.54, 1.807) is 17.0 Å². The van der Waals surface area contributed by atoms with Crippen molar-refractivity contribution in [3.63, 3.8) is 0 Å². The van der Waals surface area contributed by atoms with E-state index in [1.807, 2.05) is 0 Å². The van der Waals surface area contributed by atoms with Crippen LogP contribution in [-0.4, -0.2) is 16.8 Å². The van der Waals surface area contributed by atoms with Crippen LogP contribution in [0.15, 0.2) is 52.8 Å². The monoisotopic (exact) mass is 495 g/mol. The van der Waals surface area contributed by atoms with Crippen molar-refractivity contribution in [2.24, 2.45) is 12.0 Å². The zero-order valence-electron chi connectivity index (χ0n) is 15.7. The molecule has 12 heteroatoms. The van der Waals surface area contributed by atoms with Gasteiger partial charge in [0, 0.05) is 18.1 Å². The van der Waals surface area contributed by atoms with E-state index in [9.17, 15) is 22.4 Å². The molecule has 166 valence electrons. The minimum Gasteiger partial charge on any atom is -0.406 e. The van der Waals surface area contributed by atoms with Crippen molar-refractivity contribution in [1.82, 2.24) is 4.57 Å². The molecule has 5 nitrogen and oxygen atoms in total. The Morgan fingerprint density at radius 1 is 1.23 bits per heavy atom. The lowest BCUT2D eigenvalue weighted by Gasteiger charge is -2.08. The van der Waals surface area contributed by atoms with Crippen molar-refractivity contribution in [2.45, 2.75) is 12.8 Å². The number of aromatic nitrogens is 1. The fourth-order valence-corrected chi connectivity index (χ4v) is 3.58. The Bertz CT molecular complexity index is 1130. The standard InChI is InChI=1S/C19H14ClF4N3O2S.ClH/c1-27-13(9-17(28)26-16-7-2-11(21)8-15(16)20)10-30-18(27)25-12-3-5-14(6-4-12)29-19(22,23)24;/h2-8,10H,9H2,1H3,(H,26,28);1H. The summed E-state index contributed by atoms with van der Waals surface area (Å²) in [7, 11) is 1.71. The van der Waals surface area contributed by atoms with Crippen LogP contribution in [0.4, 0.5) is 28.9 Å². The number of carbonyl (C=O) groups excluding carboxylic acids is 1. The Morgan fingerprint density at radius 2 is 1.90 bits per heavy atom. The number of carbonyl (C=O) groups is 1. The maximum absolute atomic E-state index is 13.1. The molecule has 0 saturated heterocycles. The first kappa shape index (κ1) is 24.7. The number of anilines is 1. The fourth-order valence-electron chi connectivity index (χ4n) is 2.45. The molecule has 1 heterocycles. The third kappa shape index (κ3) is 6.98. The van der Waals surface area contributed by atoms with E-state index in [4.69, 9.17) is 11.6 Å². The van der Waals surface area contributed by atoms with Gasteiger partial charge in [-0.25, -0.2) is 9.38 Å². The second kappa shape index (κ2) is 10.2. The number of halogens is 6. The van der Waals surface area contributed by atoms with E-state index in [0.29, 0.717) is 21.9 Å². The highest BCUT2D eigenvalue weighted by Crippen LogP contribution is 2.25. The minimum atomic E-state index is -4.76.